The van der Waals surface area contributed by atoms with Gasteiger partial charge in [0.2, 0.25) is 0 Å². The van der Waals surface area contributed by atoms with E-state index >= 15 is 0 Å². The lowest BCUT2D eigenvalue weighted by molar-refractivity contribution is -0.120. The molecule has 82 valence electrons. The standard InChI is InChI=1S/C13H19NO/c1-4-5-13(11(3)15)8-12-6-7-14-9-10(12)2/h6-7,9,13H,4-5,8H2,1-3H3. The van der Waals surface area contributed by atoms with Gasteiger partial charge in [-0.25, -0.2) is 0 Å². The molecule has 2 heteroatoms. The van der Waals surface area contributed by atoms with E-state index in [2.05, 4.69) is 11.9 Å². The molecule has 1 unspecified atom stereocenters. The first-order chi connectivity index (χ1) is 7.15. The highest BCUT2D eigenvalue weighted by atomic mass is 16.1. The molecule has 0 saturated carbocycles. The smallest absolute Gasteiger partial charge is 0.133 e. The van der Waals surface area contributed by atoms with Gasteiger partial charge in [0.05, 0.1) is 0 Å². The van der Waals surface area contributed by atoms with Gasteiger partial charge in [-0.15, -0.1) is 0 Å². The predicted octanol–water partition coefficient (Wildman–Crippen LogP) is 2.94. The van der Waals surface area contributed by atoms with E-state index in [9.17, 15) is 4.79 Å². The molecular formula is C13H19NO. The van der Waals surface area contributed by atoms with E-state index in [0.29, 0.717) is 5.78 Å². The summed E-state index contributed by atoms with van der Waals surface area (Å²) in [5, 5.41) is 0. The van der Waals surface area contributed by atoms with E-state index in [1.54, 1.807) is 13.1 Å². The third-order valence-corrected chi connectivity index (χ3v) is 2.81. The van der Waals surface area contributed by atoms with Crippen molar-refractivity contribution < 1.29 is 4.79 Å². The molecule has 0 amide bonds. The van der Waals surface area contributed by atoms with Gasteiger partial charge in [0.1, 0.15) is 5.78 Å². The molecule has 0 radical (unpaired) electrons. The molecule has 0 aliphatic heterocycles. The Morgan fingerprint density at radius 2 is 2.27 bits per heavy atom. The molecule has 1 heterocycles. The van der Waals surface area contributed by atoms with Crippen LogP contribution in [0.3, 0.4) is 0 Å². The highest BCUT2D eigenvalue weighted by molar-refractivity contribution is 5.78. The van der Waals surface area contributed by atoms with Crippen molar-refractivity contribution in [2.24, 2.45) is 5.92 Å². The molecule has 0 N–H and O–H groups in total. The normalized spacial score (nSPS) is 12.5. The highest BCUT2D eigenvalue weighted by Crippen LogP contribution is 2.17. The summed E-state index contributed by atoms with van der Waals surface area (Å²) in [4.78, 5) is 15.5. The Bertz CT molecular complexity index is 333. The number of ketones is 1. The molecule has 1 aromatic heterocycles. The average molecular weight is 205 g/mol. The monoisotopic (exact) mass is 205 g/mol. The van der Waals surface area contributed by atoms with Crippen molar-refractivity contribution in [3.8, 4) is 0 Å². The van der Waals surface area contributed by atoms with Crippen molar-refractivity contribution in [3.05, 3.63) is 29.6 Å². The Labute approximate surface area is 91.7 Å². The van der Waals surface area contributed by atoms with Crippen molar-refractivity contribution in [2.75, 3.05) is 0 Å². The minimum absolute atomic E-state index is 0.177. The van der Waals surface area contributed by atoms with E-state index in [0.717, 1.165) is 19.3 Å². The number of rotatable bonds is 5. The topological polar surface area (TPSA) is 30.0 Å². The fraction of sp³-hybridized carbons (Fsp3) is 0.538. The molecule has 1 atom stereocenters. The fourth-order valence-electron chi connectivity index (χ4n) is 1.79. The summed E-state index contributed by atoms with van der Waals surface area (Å²) >= 11 is 0. The van der Waals surface area contributed by atoms with Crippen LogP contribution in [0.15, 0.2) is 18.5 Å². The Balaban J connectivity index is 2.74. The lowest BCUT2D eigenvalue weighted by Gasteiger charge is -2.13. The Morgan fingerprint density at radius 3 is 2.80 bits per heavy atom. The van der Waals surface area contributed by atoms with Crippen molar-refractivity contribution in [1.29, 1.82) is 0 Å². The molecule has 2 nitrogen and oxygen atoms in total. The molecule has 15 heavy (non-hydrogen) atoms. The lowest BCUT2D eigenvalue weighted by Crippen LogP contribution is -2.14. The van der Waals surface area contributed by atoms with Crippen LogP contribution in [-0.2, 0) is 11.2 Å². The number of hydrogen-bond donors (Lipinski definition) is 0. The van der Waals surface area contributed by atoms with Gasteiger partial charge in [-0.3, -0.25) is 9.78 Å². The second kappa shape index (κ2) is 5.64. The minimum Gasteiger partial charge on any atom is -0.300 e. The summed E-state index contributed by atoms with van der Waals surface area (Å²) in [6.07, 6.45) is 6.56. The zero-order valence-corrected chi connectivity index (χ0v) is 9.79. The zero-order valence-electron chi connectivity index (χ0n) is 9.79. The van der Waals surface area contributed by atoms with Crippen LogP contribution in [0.5, 0.6) is 0 Å². The number of Topliss-reactive ketones (excluding diaryl/α,β-unsaturated/α-hetero) is 1. The molecule has 0 aliphatic rings. The third kappa shape index (κ3) is 3.46. The first-order valence-corrected chi connectivity index (χ1v) is 5.55. The van der Waals surface area contributed by atoms with Gasteiger partial charge in [0.25, 0.3) is 0 Å². The van der Waals surface area contributed by atoms with Gasteiger partial charge in [-0.1, -0.05) is 13.3 Å². The lowest BCUT2D eigenvalue weighted by atomic mass is 9.91. The molecule has 0 aliphatic carbocycles. The van der Waals surface area contributed by atoms with E-state index < -0.39 is 0 Å². The third-order valence-electron chi connectivity index (χ3n) is 2.81. The molecule has 0 saturated heterocycles. The highest BCUT2D eigenvalue weighted by Gasteiger charge is 2.14. The van der Waals surface area contributed by atoms with E-state index in [1.165, 1.54) is 11.1 Å². The quantitative estimate of drug-likeness (QED) is 0.739. The fourth-order valence-corrected chi connectivity index (χ4v) is 1.79. The Kier molecular flexibility index (Phi) is 4.47. The largest absolute Gasteiger partial charge is 0.300 e. The van der Waals surface area contributed by atoms with E-state index in [4.69, 9.17) is 0 Å². The van der Waals surface area contributed by atoms with Crippen molar-refractivity contribution >= 4 is 5.78 Å². The van der Waals surface area contributed by atoms with Crippen LogP contribution in [-0.4, -0.2) is 10.8 Å². The molecule has 0 aromatic carbocycles. The summed E-state index contributed by atoms with van der Waals surface area (Å²) in [7, 11) is 0. The summed E-state index contributed by atoms with van der Waals surface area (Å²) in [5.41, 5.74) is 2.43. The van der Waals surface area contributed by atoms with Gasteiger partial charge in [0, 0.05) is 18.3 Å². The maximum atomic E-state index is 11.4. The molecule has 1 rings (SSSR count). The SMILES string of the molecule is CCCC(Cc1ccncc1C)C(C)=O. The first kappa shape index (κ1) is 11.9. The number of aromatic nitrogens is 1. The predicted molar refractivity (Wildman–Crippen MR) is 61.8 cm³/mol. The first-order valence-electron chi connectivity index (χ1n) is 5.55. The summed E-state index contributed by atoms with van der Waals surface area (Å²) in [5.74, 6) is 0.476. The van der Waals surface area contributed by atoms with Gasteiger partial charge < -0.3 is 0 Å². The summed E-state index contributed by atoms with van der Waals surface area (Å²) in [6, 6.07) is 2.01. The number of hydrogen-bond acceptors (Lipinski definition) is 2. The minimum atomic E-state index is 0.177. The molecule has 0 spiro atoms. The van der Waals surface area contributed by atoms with Crippen LogP contribution in [0.25, 0.3) is 0 Å². The second-order valence-corrected chi connectivity index (χ2v) is 4.10. The van der Waals surface area contributed by atoms with Crippen molar-refractivity contribution in [3.63, 3.8) is 0 Å². The average Bonchev–Trinajstić information content (AvgIpc) is 2.20. The van der Waals surface area contributed by atoms with Crippen LogP contribution in [0.1, 0.15) is 37.8 Å². The number of aryl methyl sites for hydroxylation is 1. The number of carbonyl (C=O) groups excluding carboxylic acids is 1. The van der Waals surface area contributed by atoms with E-state index in [-0.39, 0.29) is 5.92 Å². The molecule has 1 aromatic rings. The maximum Gasteiger partial charge on any atom is 0.133 e. The zero-order chi connectivity index (χ0) is 11.3. The second-order valence-electron chi connectivity index (χ2n) is 4.10. The Hall–Kier alpha value is -1.18. The van der Waals surface area contributed by atoms with Crippen LogP contribution >= 0.6 is 0 Å². The maximum absolute atomic E-state index is 11.4. The summed E-state index contributed by atoms with van der Waals surface area (Å²) < 4.78 is 0. The molecular weight excluding hydrogens is 186 g/mol. The van der Waals surface area contributed by atoms with Crippen LogP contribution in [0.2, 0.25) is 0 Å². The molecule has 0 fully saturated rings. The van der Waals surface area contributed by atoms with Crippen LogP contribution in [0.4, 0.5) is 0 Å². The van der Waals surface area contributed by atoms with Crippen LogP contribution in [0, 0.1) is 12.8 Å². The molecule has 0 bridgehead atoms. The number of nitrogens with zero attached hydrogens (tertiary/aromatic N) is 1. The van der Waals surface area contributed by atoms with Crippen LogP contribution < -0.4 is 0 Å². The number of carbonyl (C=O) groups is 1. The summed E-state index contributed by atoms with van der Waals surface area (Å²) in [6.45, 7) is 5.86. The Morgan fingerprint density at radius 1 is 1.53 bits per heavy atom. The van der Waals surface area contributed by atoms with Gasteiger partial charge >= 0.3 is 0 Å². The van der Waals surface area contributed by atoms with Crippen molar-refractivity contribution in [1.82, 2.24) is 4.98 Å². The van der Waals surface area contributed by atoms with Gasteiger partial charge in [0.15, 0.2) is 0 Å². The number of pyridine rings is 1. The van der Waals surface area contributed by atoms with E-state index in [1.807, 2.05) is 19.2 Å². The van der Waals surface area contributed by atoms with Gasteiger partial charge in [-0.2, -0.15) is 0 Å². The van der Waals surface area contributed by atoms with Gasteiger partial charge in [-0.05, 0) is 43.9 Å². The van der Waals surface area contributed by atoms with Crippen molar-refractivity contribution in [2.45, 2.75) is 40.0 Å².